The number of piperidine rings is 1. The largest absolute Gasteiger partial charge is 0.336 e. The lowest BCUT2D eigenvalue weighted by atomic mass is 9.99. The summed E-state index contributed by atoms with van der Waals surface area (Å²) in [6.07, 6.45) is 6.99. The van der Waals surface area contributed by atoms with Gasteiger partial charge in [0.1, 0.15) is 0 Å². The molecule has 3 N–H and O–H groups in total. The SMILES string of the molecule is Cc1cc(C(=O)N2CCCCC2C)ccc1NC(=O)C[C@@H]1CCC[C@H]1N. The molecule has 0 bridgehead atoms. The van der Waals surface area contributed by atoms with Gasteiger partial charge >= 0.3 is 0 Å². The normalized spacial score (nSPS) is 26.0. The summed E-state index contributed by atoms with van der Waals surface area (Å²) in [5.41, 5.74) is 8.47. The molecule has 2 amide bonds. The average molecular weight is 357 g/mol. The van der Waals surface area contributed by atoms with Gasteiger partial charge in [-0.3, -0.25) is 9.59 Å². The quantitative estimate of drug-likeness (QED) is 0.866. The monoisotopic (exact) mass is 357 g/mol. The Bertz CT molecular complexity index is 673. The summed E-state index contributed by atoms with van der Waals surface area (Å²) in [5, 5.41) is 2.99. The smallest absolute Gasteiger partial charge is 0.254 e. The number of benzene rings is 1. The van der Waals surface area contributed by atoms with Crippen molar-refractivity contribution in [2.24, 2.45) is 11.7 Å². The van der Waals surface area contributed by atoms with Crippen molar-refractivity contribution in [3.63, 3.8) is 0 Å². The minimum absolute atomic E-state index is 0.0131. The number of rotatable bonds is 4. The highest BCUT2D eigenvalue weighted by Gasteiger charge is 2.27. The Kier molecular flexibility index (Phi) is 5.97. The fraction of sp³-hybridized carbons (Fsp3) is 0.619. The Hall–Kier alpha value is -1.88. The number of carbonyl (C=O) groups is 2. The first-order chi connectivity index (χ1) is 12.5. The van der Waals surface area contributed by atoms with Crippen LogP contribution in [0.15, 0.2) is 18.2 Å². The predicted molar refractivity (Wildman–Crippen MR) is 104 cm³/mol. The van der Waals surface area contributed by atoms with Crippen LogP contribution in [0, 0.1) is 12.8 Å². The maximum absolute atomic E-state index is 12.8. The van der Waals surface area contributed by atoms with Gasteiger partial charge in [0.05, 0.1) is 0 Å². The number of aryl methyl sites for hydroxylation is 1. The van der Waals surface area contributed by atoms with E-state index in [0.717, 1.165) is 49.9 Å². The standard InChI is InChI=1S/C21H31N3O2/c1-14-12-17(21(26)24-11-4-3-6-15(24)2)9-10-19(14)23-20(25)13-16-7-5-8-18(16)22/h9-10,12,15-16,18H,3-8,11,13,22H2,1-2H3,(H,23,25)/t15?,16-,18+/m0/s1. The molecule has 0 aromatic heterocycles. The molecule has 2 fully saturated rings. The highest BCUT2D eigenvalue weighted by molar-refractivity contribution is 5.96. The maximum Gasteiger partial charge on any atom is 0.254 e. The van der Waals surface area contributed by atoms with Gasteiger partial charge in [0.2, 0.25) is 5.91 Å². The van der Waals surface area contributed by atoms with Gasteiger partial charge in [0.15, 0.2) is 0 Å². The van der Waals surface area contributed by atoms with Gasteiger partial charge in [0.25, 0.3) is 5.91 Å². The summed E-state index contributed by atoms with van der Waals surface area (Å²) in [4.78, 5) is 27.1. The fourth-order valence-electron chi connectivity index (χ4n) is 4.26. The lowest BCUT2D eigenvalue weighted by molar-refractivity contribution is -0.117. The van der Waals surface area contributed by atoms with Gasteiger partial charge in [-0.2, -0.15) is 0 Å². The topological polar surface area (TPSA) is 75.4 Å². The second kappa shape index (κ2) is 8.21. The van der Waals surface area contributed by atoms with Crippen LogP contribution in [-0.2, 0) is 4.79 Å². The van der Waals surface area contributed by atoms with Crippen molar-refractivity contribution in [1.82, 2.24) is 4.90 Å². The fourth-order valence-corrected chi connectivity index (χ4v) is 4.26. The van der Waals surface area contributed by atoms with Crippen LogP contribution in [0.2, 0.25) is 0 Å². The Morgan fingerprint density at radius 2 is 2.00 bits per heavy atom. The van der Waals surface area contributed by atoms with Gasteiger partial charge in [-0.05, 0) is 75.6 Å². The molecule has 0 spiro atoms. The Labute approximate surface area is 156 Å². The summed E-state index contributed by atoms with van der Waals surface area (Å²) >= 11 is 0. The third-order valence-electron chi connectivity index (χ3n) is 5.98. The first-order valence-electron chi connectivity index (χ1n) is 9.92. The van der Waals surface area contributed by atoms with Crippen LogP contribution < -0.4 is 11.1 Å². The lowest BCUT2D eigenvalue weighted by Crippen LogP contribution is -2.42. The summed E-state index contributed by atoms with van der Waals surface area (Å²) in [6, 6.07) is 6.01. The van der Waals surface area contributed by atoms with Crippen LogP contribution in [0.3, 0.4) is 0 Å². The zero-order valence-electron chi connectivity index (χ0n) is 16.0. The van der Waals surface area contributed by atoms with E-state index in [0.29, 0.717) is 18.0 Å². The van der Waals surface area contributed by atoms with Gasteiger partial charge in [0, 0.05) is 36.3 Å². The van der Waals surface area contributed by atoms with Gasteiger partial charge in [-0.15, -0.1) is 0 Å². The molecule has 1 saturated carbocycles. The van der Waals surface area contributed by atoms with Gasteiger partial charge in [-0.25, -0.2) is 0 Å². The molecule has 1 unspecified atom stereocenters. The van der Waals surface area contributed by atoms with Crippen molar-refractivity contribution < 1.29 is 9.59 Å². The van der Waals surface area contributed by atoms with Crippen molar-refractivity contribution in [3.8, 4) is 0 Å². The highest BCUT2D eigenvalue weighted by atomic mass is 16.2. The van der Waals surface area contributed by atoms with E-state index in [-0.39, 0.29) is 23.8 Å². The number of nitrogens with two attached hydrogens (primary N) is 1. The van der Waals surface area contributed by atoms with E-state index in [1.165, 1.54) is 6.42 Å². The number of carbonyl (C=O) groups excluding carboxylic acids is 2. The Morgan fingerprint density at radius 1 is 1.19 bits per heavy atom. The second-order valence-electron chi connectivity index (χ2n) is 7.98. The van der Waals surface area contributed by atoms with Crippen molar-refractivity contribution in [1.29, 1.82) is 0 Å². The predicted octanol–water partition coefficient (Wildman–Crippen LogP) is 3.47. The molecule has 0 radical (unpaired) electrons. The van der Waals surface area contributed by atoms with E-state index in [4.69, 9.17) is 5.73 Å². The molecule has 1 heterocycles. The molecule has 3 rings (SSSR count). The van der Waals surface area contributed by atoms with Crippen LogP contribution in [0.4, 0.5) is 5.69 Å². The number of hydrogen-bond donors (Lipinski definition) is 2. The molecule has 1 aromatic carbocycles. The number of nitrogens with one attached hydrogen (secondary N) is 1. The number of likely N-dealkylation sites (tertiary alicyclic amines) is 1. The minimum atomic E-state index is 0.0131. The molecule has 142 valence electrons. The lowest BCUT2D eigenvalue weighted by Gasteiger charge is -2.33. The van der Waals surface area contributed by atoms with Crippen molar-refractivity contribution in [2.75, 3.05) is 11.9 Å². The van der Waals surface area contributed by atoms with Crippen LogP contribution in [0.1, 0.15) is 67.8 Å². The summed E-state index contributed by atoms with van der Waals surface area (Å²) in [7, 11) is 0. The van der Waals surface area contributed by atoms with Crippen LogP contribution in [-0.4, -0.2) is 35.3 Å². The molecule has 5 heteroatoms. The zero-order valence-corrected chi connectivity index (χ0v) is 16.0. The van der Waals surface area contributed by atoms with Crippen LogP contribution in [0.25, 0.3) is 0 Å². The van der Waals surface area contributed by atoms with Crippen molar-refractivity contribution in [3.05, 3.63) is 29.3 Å². The first-order valence-corrected chi connectivity index (χ1v) is 9.92. The molecule has 1 saturated heterocycles. The van der Waals surface area contributed by atoms with E-state index in [1.54, 1.807) is 0 Å². The summed E-state index contributed by atoms with van der Waals surface area (Å²) in [5.74, 6) is 0.394. The molecule has 1 aliphatic carbocycles. The first kappa shape index (κ1) is 18.9. The minimum Gasteiger partial charge on any atom is -0.336 e. The van der Waals surface area contributed by atoms with E-state index < -0.39 is 0 Å². The molecule has 5 nitrogen and oxygen atoms in total. The number of hydrogen-bond acceptors (Lipinski definition) is 3. The van der Waals surface area contributed by atoms with E-state index in [1.807, 2.05) is 30.0 Å². The second-order valence-corrected chi connectivity index (χ2v) is 7.98. The number of anilines is 1. The average Bonchev–Trinajstić information content (AvgIpc) is 3.01. The van der Waals surface area contributed by atoms with Gasteiger partial charge in [-0.1, -0.05) is 6.42 Å². The molecule has 1 aromatic rings. The van der Waals surface area contributed by atoms with Crippen LogP contribution >= 0.6 is 0 Å². The van der Waals surface area contributed by atoms with E-state index in [9.17, 15) is 9.59 Å². The van der Waals surface area contributed by atoms with Crippen molar-refractivity contribution >= 4 is 17.5 Å². The van der Waals surface area contributed by atoms with E-state index in [2.05, 4.69) is 12.2 Å². The third kappa shape index (κ3) is 4.26. The molecular weight excluding hydrogens is 326 g/mol. The molecule has 2 aliphatic rings. The summed E-state index contributed by atoms with van der Waals surface area (Å²) < 4.78 is 0. The number of amides is 2. The van der Waals surface area contributed by atoms with Crippen LogP contribution in [0.5, 0.6) is 0 Å². The Morgan fingerprint density at radius 3 is 2.65 bits per heavy atom. The van der Waals surface area contributed by atoms with E-state index >= 15 is 0 Å². The molecule has 3 atom stereocenters. The number of nitrogens with zero attached hydrogens (tertiary/aromatic N) is 1. The molecule has 26 heavy (non-hydrogen) atoms. The maximum atomic E-state index is 12.8. The van der Waals surface area contributed by atoms with Gasteiger partial charge < -0.3 is 16.0 Å². The molecular formula is C21H31N3O2. The third-order valence-corrected chi connectivity index (χ3v) is 5.98. The highest BCUT2D eigenvalue weighted by Crippen LogP contribution is 2.28. The Balaban J connectivity index is 1.63. The summed E-state index contributed by atoms with van der Waals surface area (Å²) in [6.45, 7) is 4.89. The van der Waals surface area contributed by atoms with Crippen molar-refractivity contribution in [2.45, 2.75) is 70.9 Å². The molecule has 1 aliphatic heterocycles. The zero-order chi connectivity index (χ0) is 18.7.